The van der Waals surface area contributed by atoms with Gasteiger partial charge in [0.1, 0.15) is 23.0 Å². The van der Waals surface area contributed by atoms with E-state index in [2.05, 4.69) is 0 Å². The van der Waals surface area contributed by atoms with E-state index in [1.165, 1.54) is 0 Å². The van der Waals surface area contributed by atoms with Crippen molar-refractivity contribution in [2.45, 2.75) is 0 Å². The van der Waals surface area contributed by atoms with Gasteiger partial charge in [-0.3, -0.25) is 0 Å². The van der Waals surface area contributed by atoms with E-state index < -0.39 is 0 Å². The van der Waals surface area contributed by atoms with Gasteiger partial charge >= 0.3 is 0 Å². The molecule has 4 aromatic rings. The van der Waals surface area contributed by atoms with Crippen molar-refractivity contribution in [2.24, 2.45) is 0 Å². The first-order valence-electron chi connectivity index (χ1n) is 9.78. The van der Waals surface area contributed by atoms with Crippen LogP contribution in [0.1, 0.15) is 0 Å². The molecule has 0 N–H and O–H groups in total. The second kappa shape index (κ2) is 8.83. The summed E-state index contributed by atoms with van der Waals surface area (Å²) in [4.78, 5) is 0. The largest absolute Gasteiger partial charge is 0.497 e. The summed E-state index contributed by atoms with van der Waals surface area (Å²) in [5.74, 6) is 2.83. The topological polar surface area (TPSA) is 54.7 Å². The summed E-state index contributed by atoms with van der Waals surface area (Å²) in [6.45, 7) is 0. The van der Waals surface area contributed by atoms with Crippen molar-refractivity contribution < 1.29 is 18.9 Å². The molecule has 1 aromatic heterocycles. The zero-order valence-corrected chi connectivity index (χ0v) is 18.0. The summed E-state index contributed by atoms with van der Waals surface area (Å²) in [5.41, 5.74) is 4.37. The molecule has 0 aliphatic carbocycles. The van der Waals surface area contributed by atoms with Crippen molar-refractivity contribution in [3.05, 3.63) is 72.8 Å². The van der Waals surface area contributed by atoms with E-state index in [4.69, 9.17) is 24.0 Å². The molecule has 0 atom stereocenters. The third-order valence-corrected chi connectivity index (χ3v) is 5.08. The fraction of sp³-hybridized carbons (Fsp3) is 0.160. The van der Waals surface area contributed by atoms with E-state index in [1.807, 2.05) is 77.5 Å². The minimum absolute atomic E-state index is 0.685. The Kier molecular flexibility index (Phi) is 5.80. The molecule has 0 amide bonds. The highest BCUT2D eigenvalue weighted by atomic mass is 16.5. The molecule has 1 heterocycles. The Bertz CT molecular complexity index is 1190. The first-order chi connectivity index (χ1) is 15.2. The second-order valence-corrected chi connectivity index (χ2v) is 6.79. The fourth-order valence-corrected chi connectivity index (χ4v) is 3.49. The highest BCUT2D eigenvalue weighted by Crippen LogP contribution is 2.39. The molecule has 0 saturated heterocycles. The quantitative estimate of drug-likeness (QED) is 0.412. The maximum Gasteiger partial charge on any atom is 0.132 e. The third kappa shape index (κ3) is 3.92. The van der Waals surface area contributed by atoms with E-state index in [9.17, 15) is 0 Å². The van der Waals surface area contributed by atoms with Crippen LogP contribution in [0.25, 0.3) is 28.2 Å². The highest BCUT2D eigenvalue weighted by Gasteiger charge is 2.19. The molecule has 0 fully saturated rings. The molecule has 31 heavy (non-hydrogen) atoms. The molecule has 4 rings (SSSR count). The number of ether oxygens (including phenoxy) is 4. The number of rotatable bonds is 7. The summed E-state index contributed by atoms with van der Waals surface area (Å²) >= 11 is 0. The molecule has 0 bridgehead atoms. The van der Waals surface area contributed by atoms with Crippen molar-refractivity contribution in [3.8, 4) is 51.2 Å². The van der Waals surface area contributed by atoms with E-state index in [0.717, 1.165) is 39.7 Å². The van der Waals surface area contributed by atoms with Gasteiger partial charge in [0.25, 0.3) is 0 Å². The van der Waals surface area contributed by atoms with Crippen LogP contribution < -0.4 is 18.9 Å². The van der Waals surface area contributed by atoms with Crippen LogP contribution in [-0.4, -0.2) is 38.2 Å². The first-order valence-corrected chi connectivity index (χ1v) is 9.78. The Hall–Kier alpha value is -3.93. The summed E-state index contributed by atoms with van der Waals surface area (Å²) in [6.07, 6.45) is 0. The van der Waals surface area contributed by atoms with Crippen molar-refractivity contribution in [2.75, 3.05) is 28.4 Å². The fourth-order valence-electron chi connectivity index (χ4n) is 3.49. The lowest BCUT2D eigenvalue weighted by Crippen LogP contribution is -2.00. The molecule has 158 valence electrons. The van der Waals surface area contributed by atoms with Gasteiger partial charge in [-0.15, -0.1) is 0 Å². The minimum atomic E-state index is 0.685. The van der Waals surface area contributed by atoms with Crippen LogP contribution in [0, 0.1) is 0 Å². The Balaban J connectivity index is 1.93. The zero-order valence-electron chi connectivity index (χ0n) is 18.0. The van der Waals surface area contributed by atoms with Gasteiger partial charge < -0.3 is 18.9 Å². The SMILES string of the molecule is COc1ccc(-c2cc(-c3ccc(OC)cc3OC)n(-c3ccccc3)n2)c(OC)c1. The molecule has 6 heteroatoms. The van der Waals surface area contributed by atoms with Crippen LogP contribution in [-0.2, 0) is 0 Å². The maximum absolute atomic E-state index is 5.66. The maximum atomic E-state index is 5.66. The predicted octanol–water partition coefficient (Wildman–Crippen LogP) is 5.24. The Morgan fingerprint density at radius 1 is 0.613 bits per heavy atom. The number of hydrogen-bond acceptors (Lipinski definition) is 5. The predicted molar refractivity (Wildman–Crippen MR) is 121 cm³/mol. The van der Waals surface area contributed by atoms with Crippen LogP contribution in [0.15, 0.2) is 72.8 Å². The van der Waals surface area contributed by atoms with Gasteiger partial charge in [0.05, 0.1) is 45.5 Å². The molecule has 3 aromatic carbocycles. The molecule has 6 nitrogen and oxygen atoms in total. The summed E-state index contributed by atoms with van der Waals surface area (Å²) in [5, 5.41) is 4.92. The van der Waals surface area contributed by atoms with E-state index in [0.29, 0.717) is 11.5 Å². The molecule has 0 radical (unpaired) electrons. The van der Waals surface area contributed by atoms with Crippen LogP contribution in [0.5, 0.6) is 23.0 Å². The summed E-state index contributed by atoms with van der Waals surface area (Å²) < 4.78 is 23.9. The number of hydrogen-bond donors (Lipinski definition) is 0. The Morgan fingerprint density at radius 2 is 1.19 bits per heavy atom. The smallest absolute Gasteiger partial charge is 0.132 e. The minimum Gasteiger partial charge on any atom is -0.497 e. The summed E-state index contributed by atoms with van der Waals surface area (Å²) in [6, 6.07) is 23.5. The normalized spacial score (nSPS) is 10.6. The van der Waals surface area contributed by atoms with Crippen LogP contribution in [0.4, 0.5) is 0 Å². The van der Waals surface area contributed by atoms with E-state index in [1.54, 1.807) is 28.4 Å². The van der Waals surface area contributed by atoms with Crippen molar-refractivity contribution >= 4 is 0 Å². The molecule has 0 unspecified atom stereocenters. The van der Waals surface area contributed by atoms with E-state index >= 15 is 0 Å². The van der Waals surface area contributed by atoms with Gasteiger partial charge in [-0.1, -0.05) is 18.2 Å². The lowest BCUT2D eigenvalue weighted by atomic mass is 10.1. The lowest BCUT2D eigenvalue weighted by Gasteiger charge is -2.12. The van der Waals surface area contributed by atoms with Crippen LogP contribution >= 0.6 is 0 Å². The average Bonchev–Trinajstić information content (AvgIpc) is 3.28. The molecule has 0 aliphatic heterocycles. The average molecular weight is 416 g/mol. The van der Waals surface area contributed by atoms with Gasteiger partial charge in [-0.05, 0) is 42.5 Å². The summed E-state index contributed by atoms with van der Waals surface area (Å²) in [7, 11) is 6.55. The second-order valence-electron chi connectivity index (χ2n) is 6.79. The number of para-hydroxylation sites is 1. The first kappa shape index (κ1) is 20.3. The van der Waals surface area contributed by atoms with Crippen molar-refractivity contribution in [1.29, 1.82) is 0 Å². The third-order valence-electron chi connectivity index (χ3n) is 5.08. The number of methoxy groups -OCH3 is 4. The number of benzene rings is 3. The van der Waals surface area contributed by atoms with Gasteiger partial charge in [-0.2, -0.15) is 5.10 Å². The van der Waals surface area contributed by atoms with Crippen LogP contribution in [0.3, 0.4) is 0 Å². The monoisotopic (exact) mass is 416 g/mol. The Morgan fingerprint density at radius 3 is 1.77 bits per heavy atom. The molecule has 0 saturated carbocycles. The highest BCUT2D eigenvalue weighted by molar-refractivity contribution is 5.77. The number of aromatic nitrogens is 2. The molecule has 0 spiro atoms. The lowest BCUT2D eigenvalue weighted by molar-refractivity contribution is 0.395. The van der Waals surface area contributed by atoms with Gasteiger partial charge in [-0.25, -0.2) is 4.68 Å². The molecular formula is C25H24N2O4. The number of nitrogens with zero attached hydrogens (tertiary/aromatic N) is 2. The van der Waals surface area contributed by atoms with E-state index in [-0.39, 0.29) is 0 Å². The standard InChI is InChI=1S/C25H24N2O4/c1-28-18-10-12-20(24(14-18)30-3)22-16-23(27(26-22)17-8-6-5-7-9-17)21-13-11-19(29-2)15-25(21)31-4/h5-16H,1-4H3. The van der Waals surface area contributed by atoms with Gasteiger partial charge in [0, 0.05) is 23.3 Å². The van der Waals surface area contributed by atoms with Crippen LogP contribution in [0.2, 0.25) is 0 Å². The van der Waals surface area contributed by atoms with Gasteiger partial charge in [0.2, 0.25) is 0 Å². The van der Waals surface area contributed by atoms with Crippen molar-refractivity contribution in [3.63, 3.8) is 0 Å². The zero-order chi connectivity index (χ0) is 21.8. The van der Waals surface area contributed by atoms with Crippen molar-refractivity contribution in [1.82, 2.24) is 9.78 Å². The molecule has 0 aliphatic rings. The Labute approximate surface area is 181 Å². The van der Waals surface area contributed by atoms with Gasteiger partial charge in [0.15, 0.2) is 0 Å². The molecular weight excluding hydrogens is 392 g/mol.